The molecule has 0 aliphatic carbocycles. The van der Waals surface area contributed by atoms with Gasteiger partial charge in [-0.1, -0.05) is 37.3 Å². The number of amides is 1. The average molecular weight is 315 g/mol. The fourth-order valence-corrected chi connectivity index (χ4v) is 2.10. The van der Waals surface area contributed by atoms with Gasteiger partial charge < -0.3 is 16.2 Å². The maximum atomic E-state index is 12.0. The lowest BCUT2D eigenvalue weighted by atomic mass is 9.93. The van der Waals surface area contributed by atoms with Crippen LogP contribution in [0.3, 0.4) is 0 Å². The quantitative estimate of drug-likeness (QED) is 0.721. The molecule has 0 fully saturated rings. The summed E-state index contributed by atoms with van der Waals surface area (Å²) in [6, 6.07) is 9.78. The molecule has 0 bridgehead atoms. The lowest BCUT2D eigenvalue weighted by Gasteiger charge is -2.22. The Hall–Kier alpha value is -1.10. The summed E-state index contributed by atoms with van der Waals surface area (Å²) in [6.07, 6.45) is 0.222. The van der Waals surface area contributed by atoms with E-state index in [1.54, 1.807) is 6.92 Å². The first-order valence-electron chi connectivity index (χ1n) is 7.18. The molecule has 0 aliphatic rings. The number of carbonyl (C=O) groups is 1. The van der Waals surface area contributed by atoms with Crippen LogP contribution in [0.1, 0.15) is 38.7 Å². The number of nitrogens with two attached hydrogens (primary N) is 1. The van der Waals surface area contributed by atoms with Crippen LogP contribution in [0.2, 0.25) is 0 Å². The van der Waals surface area contributed by atoms with Crippen LogP contribution in [-0.2, 0) is 4.79 Å². The molecule has 0 saturated carbocycles. The van der Waals surface area contributed by atoms with Crippen molar-refractivity contribution in [3.8, 4) is 0 Å². The Labute approximate surface area is 133 Å². The summed E-state index contributed by atoms with van der Waals surface area (Å²) in [5, 5.41) is 12.6. The van der Waals surface area contributed by atoms with Gasteiger partial charge in [0, 0.05) is 24.4 Å². The van der Waals surface area contributed by atoms with Crippen molar-refractivity contribution >= 4 is 18.3 Å². The predicted octanol–water partition coefficient (Wildman–Crippen LogP) is 2.06. The van der Waals surface area contributed by atoms with Crippen molar-refractivity contribution in [2.24, 2.45) is 11.7 Å². The molecule has 120 valence electrons. The first-order valence-corrected chi connectivity index (χ1v) is 7.18. The van der Waals surface area contributed by atoms with E-state index >= 15 is 0 Å². The molecule has 4 unspecified atom stereocenters. The topological polar surface area (TPSA) is 75.3 Å². The second kappa shape index (κ2) is 9.77. The van der Waals surface area contributed by atoms with Crippen LogP contribution >= 0.6 is 12.4 Å². The Balaban J connectivity index is 0.00000400. The van der Waals surface area contributed by atoms with Crippen molar-refractivity contribution < 1.29 is 9.90 Å². The van der Waals surface area contributed by atoms with Crippen molar-refractivity contribution in [3.63, 3.8) is 0 Å². The van der Waals surface area contributed by atoms with Crippen molar-refractivity contribution in [2.75, 3.05) is 6.54 Å². The summed E-state index contributed by atoms with van der Waals surface area (Å²) in [4.78, 5) is 12.0. The highest BCUT2D eigenvalue weighted by Gasteiger charge is 2.19. The van der Waals surface area contributed by atoms with Crippen molar-refractivity contribution in [1.29, 1.82) is 0 Å². The summed E-state index contributed by atoms with van der Waals surface area (Å²) in [5.74, 6) is -0.134. The minimum Gasteiger partial charge on any atom is -0.393 e. The monoisotopic (exact) mass is 314 g/mol. The minimum atomic E-state index is -0.400. The van der Waals surface area contributed by atoms with Gasteiger partial charge in [0.25, 0.3) is 0 Å². The van der Waals surface area contributed by atoms with E-state index < -0.39 is 6.10 Å². The third-order valence-corrected chi connectivity index (χ3v) is 3.62. The lowest BCUT2D eigenvalue weighted by Crippen LogP contribution is -2.40. The van der Waals surface area contributed by atoms with E-state index in [9.17, 15) is 9.90 Å². The molecular weight excluding hydrogens is 288 g/mol. The van der Waals surface area contributed by atoms with E-state index in [1.165, 1.54) is 0 Å². The van der Waals surface area contributed by atoms with Crippen molar-refractivity contribution in [2.45, 2.75) is 45.3 Å². The summed E-state index contributed by atoms with van der Waals surface area (Å²) in [6.45, 7) is 5.94. The SMILES string of the molecule is CC(O)CC(CNC(=O)C(C)C(C)N)c1ccccc1.Cl. The second-order valence-corrected chi connectivity index (χ2v) is 5.59. The molecule has 5 heteroatoms. The number of aliphatic hydroxyl groups is 1. The zero-order valence-electron chi connectivity index (χ0n) is 13.0. The van der Waals surface area contributed by atoms with Gasteiger partial charge in [-0.15, -0.1) is 12.4 Å². The van der Waals surface area contributed by atoms with Crippen LogP contribution in [0.25, 0.3) is 0 Å². The van der Waals surface area contributed by atoms with E-state index in [2.05, 4.69) is 5.32 Å². The van der Waals surface area contributed by atoms with Crippen LogP contribution in [0.15, 0.2) is 30.3 Å². The lowest BCUT2D eigenvalue weighted by molar-refractivity contribution is -0.125. The molecule has 0 radical (unpaired) electrons. The first-order chi connectivity index (χ1) is 9.41. The minimum absolute atomic E-state index is 0. The van der Waals surface area contributed by atoms with Crippen molar-refractivity contribution in [1.82, 2.24) is 5.32 Å². The van der Waals surface area contributed by atoms with E-state index in [0.29, 0.717) is 13.0 Å². The zero-order valence-corrected chi connectivity index (χ0v) is 13.8. The Morgan fingerprint density at radius 3 is 2.29 bits per heavy atom. The molecule has 4 N–H and O–H groups in total. The molecule has 21 heavy (non-hydrogen) atoms. The van der Waals surface area contributed by atoms with Gasteiger partial charge in [0.05, 0.1) is 6.10 Å². The number of aliphatic hydroxyl groups excluding tert-OH is 1. The highest BCUT2D eigenvalue weighted by atomic mass is 35.5. The van der Waals surface area contributed by atoms with Gasteiger partial charge in [-0.05, 0) is 25.8 Å². The number of rotatable bonds is 7. The largest absolute Gasteiger partial charge is 0.393 e. The number of nitrogens with one attached hydrogen (secondary N) is 1. The Kier molecular flexibility index (Phi) is 9.26. The maximum absolute atomic E-state index is 12.0. The Bertz CT molecular complexity index is 410. The first kappa shape index (κ1) is 19.9. The molecule has 0 heterocycles. The van der Waals surface area contributed by atoms with E-state index in [1.807, 2.05) is 44.2 Å². The molecule has 0 spiro atoms. The van der Waals surface area contributed by atoms with Crippen molar-refractivity contribution in [3.05, 3.63) is 35.9 Å². The number of hydrogen-bond acceptors (Lipinski definition) is 3. The average Bonchev–Trinajstić information content (AvgIpc) is 2.42. The fraction of sp³-hybridized carbons (Fsp3) is 0.562. The molecule has 1 rings (SSSR count). The molecule has 0 saturated heterocycles. The summed E-state index contributed by atoms with van der Waals surface area (Å²) >= 11 is 0. The number of benzene rings is 1. The third kappa shape index (κ3) is 6.93. The van der Waals surface area contributed by atoms with E-state index in [-0.39, 0.29) is 36.2 Å². The second-order valence-electron chi connectivity index (χ2n) is 5.59. The molecule has 0 aromatic heterocycles. The molecular formula is C16H27ClN2O2. The zero-order chi connectivity index (χ0) is 15.1. The van der Waals surface area contributed by atoms with E-state index in [4.69, 9.17) is 5.73 Å². The highest BCUT2D eigenvalue weighted by molar-refractivity contribution is 5.85. The van der Waals surface area contributed by atoms with Gasteiger partial charge in [-0.2, -0.15) is 0 Å². The summed E-state index contributed by atoms with van der Waals surface area (Å²) in [5.41, 5.74) is 6.86. The molecule has 1 aromatic carbocycles. The van der Waals surface area contributed by atoms with Gasteiger partial charge in [0.1, 0.15) is 0 Å². The van der Waals surface area contributed by atoms with Gasteiger partial charge in [0.2, 0.25) is 5.91 Å². The van der Waals surface area contributed by atoms with Crippen LogP contribution < -0.4 is 11.1 Å². The molecule has 1 aromatic rings. The smallest absolute Gasteiger partial charge is 0.224 e. The summed E-state index contributed by atoms with van der Waals surface area (Å²) < 4.78 is 0. The molecule has 4 nitrogen and oxygen atoms in total. The fourth-order valence-electron chi connectivity index (χ4n) is 2.10. The third-order valence-electron chi connectivity index (χ3n) is 3.62. The molecule has 4 atom stereocenters. The number of carbonyl (C=O) groups excluding carboxylic acids is 1. The van der Waals surface area contributed by atoms with Crippen LogP contribution in [0.4, 0.5) is 0 Å². The van der Waals surface area contributed by atoms with E-state index in [0.717, 1.165) is 5.56 Å². The van der Waals surface area contributed by atoms with Gasteiger partial charge in [0.15, 0.2) is 0 Å². The Morgan fingerprint density at radius 1 is 1.24 bits per heavy atom. The Morgan fingerprint density at radius 2 is 1.81 bits per heavy atom. The summed E-state index contributed by atoms with van der Waals surface area (Å²) in [7, 11) is 0. The molecule has 0 aliphatic heterocycles. The molecule has 1 amide bonds. The standard InChI is InChI=1S/C16H26N2O2.ClH/c1-11(19)9-15(14-7-5-4-6-8-14)10-18-16(20)12(2)13(3)17;/h4-8,11-13,15,19H,9-10,17H2,1-3H3,(H,18,20);1H. The number of hydrogen-bond donors (Lipinski definition) is 3. The highest BCUT2D eigenvalue weighted by Crippen LogP contribution is 2.20. The van der Waals surface area contributed by atoms with Gasteiger partial charge in [-0.3, -0.25) is 4.79 Å². The predicted molar refractivity (Wildman–Crippen MR) is 88.6 cm³/mol. The van der Waals surface area contributed by atoms with Crippen LogP contribution in [0, 0.1) is 5.92 Å². The van der Waals surface area contributed by atoms with Gasteiger partial charge >= 0.3 is 0 Å². The number of halogens is 1. The normalized spacial score (nSPS) is 16.2. The maximum Gasteiger partial charge on any atom is 0.224 e. The van der Waals surface area contributed by atoms with Gasteiger partial charge in [-0.25, -0.2) is 0 Å². The van der Waals surface area contributed by atoms with Crippen LogP contribution in [-0.4, -0.2) is 29.7 Å². The van der Waals surface area contributed by atoms with Crippen LogP contribution in [0.5, 0.6) is 0 Å².